The summed E-state index contributed by atoms with van der Waals surface area (Å²) < 4.78 is 13.3. The Morgan fingerprint density at radius 2 is 1.92 bits per heavy atom. The molecule has 5 nitrogen and oxygen atoms in total. The molecule has 3 heterocycles. The maximum Gasteiger partial charge on any atom is 0.231 e. The average Bonchev–Trinajstić information content (AvgIpc) is 3.16. The van der Waals surface area contributed by atoms with E-state index in [4.69, 9.17) is 0 Å². The summed E-state index contributed by atoms with van der Waals surface area (Å²) in [7, 11) is 0. The molecule has 2 aliphatic rings. The zero-order valence-electron chi connectivity index (χ0n) is 13.4. The van der Waals surface area contributed by atoms with Gasteiger partial charge in [-0.05, 0) is 36.6 Å². The first-order valence-electron chi connectivity index (χ1n) is 8.22. The molecular weight excluding hydrogens is 307 g/mol. The molecule has 0 radical (unpaired) electrons. The summed E-state index contributed by atoms with van der Waals surface area (Å²) in [5.41, 5.74) is 0.494. The Bertz CT molecular complexity index is 754. The van der Waals surface area contributed by atoms with Gasteiger partial charge in [-0.2, -0.15) is 0 Å². The molecular formula is C18H19FN4O. The van der Waals surface area contributed by atoms with Crippen molar-refractivity contribution >= 4 is 11.9 Å². The molecule has 2 aromatic rings. The van der Waals surface area contributed by atoms with E-state index in [1.54, 1.807) is 24.5 Å². The number of benzene rings is 1. The van der Waals surface area contributed by atoms with E-state index in [1.165, 1.54) is 12.1 Å². The summed E-state index contributed by atoms with van der Waals surface area (Å²) in [6.45, 7) is 2.65. The molecule has 1 spiro atoms. The summed E-state index contributed by atoms with van der Waals surface area (Å²) in [5, 5.41) is 0. The number of amides is 1. The van der Waals surface area contributed by atoms with Crippen LogP contribution >= 0.6 is 0 Å². The second-order valence-corrected chi connectivity index (χ2v) is 6.61. The highest BCUT2D eigenvalue weighted by molar-refractivity contribution is 5.86. The number of hydrogen-bond acceptors (Lipinski definition) is 4. The highest BCUT2D eigenvalue weighted by atomic mass is 19.1. The molecule has 1 atom stereocenters. The topological polar surface area (TPSA) is 49.3 Å². The van der Waals surface area contributed by atoms with Crippen molar-refractivity contribution in [2.24, 2.45) is 5.41 Å². The van der Waals surface area contributed by atoms with Crippen molar-refractivity contribution in [2.75, 3.05) is 24.5 Å². The van der Waals surface area contributed by atoms with Crippen LogP contribution in [0.4, 0.5) is 10.3 Å². The molecule has 2 saturated heterocycles. The molecule has 0 N–H and O–H groups in total. The normalized spacial score (nSPS) is 23.5. The molecule has 0 saturated carbocycles. The zero-order valence-corrected chi connectivity index (χ0v) is 13.4. The van der Waals surface area contributed by atoms with E-state index < -0.39 is 0 Å². The van der Waals surface area contributed by atoms with Crippen molar-refractivity contribution in [3.63, 3.8) is 0 Å². The maximum absolute atomic E-state index is 13.3. The van der Waals surface area contributed by atoms with E-state index in [0.717, 1.165) is 31.5 Å². The van der Waals surface area contributed by atoms with E-state index in [9.17, 15) is 9.18 Å². The predicted octanol–water partition coefficient (Wildman–Crippen LogP) is 2.24. The zero-order chi connectivity index (χ0) is 16.6. The van der Waals surface area contributed by atoms with Gasteiger partial charge in [0, 0.05) is 38.6 Å². The van der Waals surface area contributed by atoms with E-state index in [0.29, 0.717) is 19.0 Å². The highest BCUT2D eigenvalue weighted by Gasteiger charge is 2.51. The first-order valence-corrected chi connectivity index (χ1v) is 8.22. The molecule has 0 aliphatic carbocycles. The summed E-state index contributed by atoms with van der Waals surface area (Å²) in [6.07, 6.45) is 5.11. The summed E-state index contributed by atoms with van der Waals surface area (Å²) >= 11 is 0. The third kappa shape index (κ3) is 2.62. The van der Waals surface area contributed by atoms with Crippen molar-refractivity contribution in [3.05, 3.63) is 54.1 Å². The van der Waals surface area contributed by atoms with Crippen LogP contribution in [0.2, 0.25) is 0 Å². The third-order valence-corrected chi connectivity index (χ3v) is 5.05. The molecule has 0 bridgehead atoms. The lowest BCUT2D eigenvalue weighted by Crippen LogP contribution is -2.37. The minimum Gasteiger partial charge on any atom is -0.340 e. The minimum atomic E-state index is -0.341. The second-order valence-electron chi connectivity index (χ2n) is 6.61. The maximum atomic E-state index is 13.3. The van der Waals surface area contributed by atoms with E-state index >= 15 is 0 Å². The monoisotopic (exact) mass is 326 g/mol. The van der Waals surface area contributed by atoms with Crippen LogP contribution in [0, 0.1) is 11.2 Å². The lowest BCUT2D eigenvalue weighted by Gasteiger charge is -2.23. The second kappa shape index (κ2) is 5.85. The number of carbonyl (C=O) groups excluding carboxylic acids is 1. The van der Waals surface area contributed by atoms with Crippen LogP contribution in [0.1, 0.15) is 18.4 Å². The van der Waals surface area contributed by atoms with Crippen LogP contribution in [0.25, 0.3) is 0 Å². The first kappa shape index (κ1) is 15.1. The van der Waals surface area contributed by atoms with Gasteiger partial charge in [0.15, 0.2) is 0 Å². The fraction of sp³-hybridized carbons (Fsp3) is 0.389. The van der Waals surface area contributed by atoms with Crippen LogP contribution in [0.15, 0.2) is 42.7 Å². The molecule has 1 amide bonds. The quantitative estimate of drug-likeness (QED) is 0.868. The van der Waals surface area contributed by atoms with Crippen molar-refractivity contribution < 1.29 is 9.18 Å². The van der Waals surface area contributed by atoms with E-state index in [1.807, 2.05) is 11.0 Å². The summed E-state index contributed by atoms with van der Waals surface area (Å²) in [6, 6.07) is 8.25. The van der Waals surface area contributed by atoms with Crippen molar-refractivity contribution in [1.29, 1.82) is 0 Å². The lowest BCUT2D eigenvalue weighted by atomic mass is 9.85. The van der Waals surface area contributed by atoms with Crippen LogP contribution < -0.4 is 4.90 Å². The molecule has 1 aromatic heterocycles. The summed E-state index contributed by atoms with van der Waals surface area (Å²) in [4.78, 5) is 25.5. The number of likely N-dealkylation sites (tertiary alicyclic amines) is 1. The van der Waals surface area contributed by atoms with Gasteiger partial charge in [-0.3, -0.25) is 4.79 Å². The number of carbonyl (C=O) groups is 1. The number of rotatable bonds is 3. The standard InChI is InChI=1S/C18H19FN4O/c19-15-4-1-3-14(11-15)12-22-9-5-18(16(22)24)6-10-23(13-18)17-20-7-2-8-21-17/h1-4,7-8,11H,5-6,9-10,12-13H2/t18-/m1/s1. The Labute approximate surface area is 140 Å². The smallest absolute Gasteiger partial charge is 0.231 e. The Hall–Kier alpha value is -2.50. The fourth-order valence-electron chi connectivity index (χ4n) is 3.78. The minimum absolute atomic E-state index is 0.171. The third-order valence-electron chi connectivity index (χ3n) is 5.05. The predicted molar refractivity (Wildman–Crippen MR) is 87.7 cm³/mol. The molecule has 124 valence electrons. The average molecular weight is 326 g/mol. The van der Waals surface area contributed by atoms with Crippen molar-refractivity contribution in [2.45, 2.75) is 19.4 Å². The largest absolute Gasteiger partial charge is 0.340 e. The van der Waals surface area contributed by atoms with Gasteiger partial charge in [0.05, 0.1) is 5.41 Å². The summed E-state index contributed by atoms with van der Waals surface area (Å²) in [5.74, 6) is 0.595. The van der Waals surface area contributed by atoms with Gasteiger partial charge in [-0.1, -0.05) is 12.1 Å². The van der Waals surface area contributed by atoms with E-state index in [2.05, 4.69) is 14.9 Å². The lowest BCUT2D eigenvalue weighted by molar-refractivity contribution is -0.135. The van der Waals surface area contributed by atoms with Crippen LogP contribution in [0.5, 0.6) is 0 Å². The SMILES string of the molecule is O=C1N(Cc2cccc(F)c2)CC[C@]12CCN(c1ncccn1)C2. The van der Waals surface area contributed by atoms with Gasteiger partial charge >= 0.3 is 0 Å². The van der Waals surface area contributed by atoms with E-state index in [-0.39, 0.29) is 17.1 Å². The van der Waals surface area contributed by atoms with Crippen LogP contribution in [-0.2, 0) is 11.3 Å². The first-order chi connectivity index (χ1) is 11.7. The number of halogens is 1. The van der Waals surface area contributed by atoms with Gasteiger partial charge < -0.3 is 9.80 Å². The Balaban J connectivity index is 1.47. The molecule has 4 rings (SSSR count). The number of aromatic nitrogens is 2. The van der Waals surface area contributed by atoms with Gasteiger partial charge in [-0.15, -0.1) is 0 Å². The highest BCUT2D eigenvalue weighted by Crippen LogP contribution is 2.41. The molecule has 24 heavy (non-hydrogen) atoms. The fourth-order valence-corrected chi connectivity index (χ4v) is 3.78. The van der Waals surface area contributed by atoms with Crippen LogP contribution in [-0.4, -0.2) is 40.4 Å². The van der Waals surface area contributed by atoms with Crippen molar-refractivity contribution in [1.82, 2.24) is 14.9 Å². The molecule has 2 aliphatic heterocycles. The van der Waals surface area contributed by atoms with Gasteiger partial charge in [0.2, 0.25) is 11.9 Å². The molecule has 0 unspecified atom stereocenters. The Morgan fingerprint density at radius 3 is 2.71 bits per heavy atom. The molecule has 1 aromatic carbocycles. The number of nitrogens with zero attached hydrogens (tertiary/aromatic N) is 4. The number of hydrogen-bond donors (Lipinski definition) is 0. The van der Waals surface area contributed by atoms with Gasteiger partial charge in [0.1, 0.15) is 5.82 Å². The molecule has 6 heteroatoms. The van der Waals surface area contributed by atoms with Crippen molar-refractivity contribution in [3.8, 4) is 0 Å². The van der Waals surface area contributed by atoms with Gasteiger partial charge in [0.25, 0.3) is 0 Å². The van der Waals surface area contributed by atoms with Crippen LogP contribution in [0.3, 0.4) is 0 Å². The molecule has 2 fully saturated rings. The number of anilines is 1. The Morgan fingerprint density at radius 1 is 1.12 bits per heavy atom. The van der Waals surface area contributed by atoms with Gasteiger partial charge in [-0.25, -0.2) is 14.4 Å². The Kier molecular flexibility index (Phi) is 3.67.